The first kappa shape index (κ1) is 13.7. The van der Waals surface area contributed by atoms with Crippen molar-refractivity contribution in [3.8, 4) is 0 Å². The van der Waals surface area contributed by atoms with Gasteiger partial charge in [-0.2, -0.15) is 0 Å². The van der Waals surface area contributed by atoms with E-state index >= 15 is 0 Å². The van der Waals surface area contributed by atoms with E-state index in [2.05, 4.69) is 10.3 Å². The second-order valence-electron chi connectivity index (χ2n) is 4.66. The van der Waals surface area contributed by atoms with Crippen LogP contribution in [0.3, 0.4) is 0 Å². The van der Waals surface area contributed by atoms with Crippen molar-refractivity contribution < 1.29 is 9.90 Å². The quantitative estimate of drug-likeness (QED) is 0.902. The third-order valence-electron chi connectivity index (χ3n) is 2.77. The van der Waals surface area contributed by atoms with Crippen LogP contribution in [0.15, 0.2) is 35.7 Å². The molecular formula is C14H16N2O2S. The Balaban J connectivity index is 2.02. The van der Waals surface area contributed by atoms with Gasteiger partial charge in [-0.25, -0.2) is 4.98 Å². The predicted octanol–water partition coefficient (Wildman–Crippen LogP) is 2.69. The minimum atomic E-state index is -1.18. The van der Waals surface area contributed by atoms with Crippen molar-refractivity contribution in [2.45, 2.75) is 25.9 Å². The van der Waals surface area contributed by atoms with Crippen LogP contribution < -0.4 is 5.32 Å². The molecule has 4 nitrogen and oxygen atoms in total. The number of anilines is 1. The molecule has 5 heteroatoms. The van der Waals surface area contributed by atoms with Crippen LogP contribution in [0.25, 0.3) is 0 Å². The topological polar surface area (TPSA) is 62.2 Å². The van der Waals surface area contributed by atoms with Crippen molar-refractivity contribution in [3.05, 3.63) is 47.0 Å². The SMILES string of the molecule is Cc1csc(NC(=O)CC(C)(O)c2ccccc2)n1. The second kappa shape index (κ2) is 5.50. The number of rotatable bonds is 4. The van der Waals surface area contributed by atoms with Gasteiger partial charge in [-0.3, -0.25) is 4.79 Å². The van der Waals surface area contributed by atoms with Gasteiger partial charge in [0.2, 0.25) is 5.91 Å². The molecule has 1 aromatic carbocycles. The van der Waals surface area contributed by atoms with Crippen LogP contribution in [0.5, 0.6) is 0 Å². The van der Waals surface area contributed by atoms with Crippen molar-refractivity contribution in [3.63, 3.8) is 0 Å². The van der Waals surface area contributed by atoms with Crippen LogP contribution in [-0.4, -0.2) is 16.0 Å². The van der Waals surface area contributed by atoms with E-state index in [1.165, 1.54) is 11.3 Å². The zero-order chi connectivity index (χ0) is 13.9. The molecule has 0 radical (unpaired) electrons. The van der Waals surface area contributed by atoms with Gasteiger partial charge in [-0.05, 0) is 19.4 Å². The van der Waals surface area contributed by atoms with Crippen LogP contribution in [0.4, 0.5) is 5.13 Å². The van der Waals surface area contributed by atoms with Crippen LogP contribution in [-0.2, 0) is 10.4 Å². The minimum Gasteiger partial charge on any atom is -0.385 e. The lowest BCUT2D eigenvalue weighted by molar-refractivity contribution is -0.120. The molecule has 2 rings (SSSR count). The van der Waals surface area contributed by atoms with E-state index in [9.17, 15) is 9.90 Å². The molecule has 0 aliphatic carbocycles. The Morgan fingerprint density at radius 2 is 2.11 bits per heavy atom. The Labute approximate surface area is 116 Å². The summed E-state index contributed by atoms with van der Waals surface area (Å²) in [4.78, 5) is 16.1. The molecule has 0 aliphatic rings. The molecule has 0 saturated carbocycles. The molecular weight excluding hydrogens is 260 g/mol. The highest BCUT2D eigenvalue weighted by Gasteiger charge is 2.26. The number of aliphatic hydroxyl groups is 1. The second-order valence-corrected chi connectivity index (χ2v) is 5.52. The third-order valence-corrected chi connectivity index (χ3v) is 3.64. The summed E-state index contributed by atoms with van der Waals surface area (Å²) in [6.07, 6.45) is -0.00432. The van der Waals surface area contributed by atoms with Crippen molar-refractivity contribution in [1.29, 1.82) is 0 Å². The Hall–Kier alpha value is -1.72. The maximum atomic E-state index is 11.9. The van der Waals surface area contributed by atoms with E-state index < -0.39 is 5.60 Å². The van der Waals surface area contributed by atoms with Gasteiger partial charge >= 0.3 is 0 Å². The number of thiazole rings is 1. The average Bonchev–Trinajstić information content (AvgIpc) is 2.75. The summed E-state index contributed by atoms with van der Waals surface area (Å²) < 4.78 is 0. The number of carbonyl (C=O) groups is 1. The summed E-state index contributed by atoms with van der Waals surface area (Å²) in [5, 5.41) is 15.5. The Morgan fingerprint density at radius 3 is 2.68 bits per heavy atom. The van der Waals surface area contributed by atoms with Crippen LogP contribution >= 0.6 is 11.3 Å². The van der Waals surface area contributed by atoms with Gasteiger partial charge in [0.25, 0.3) is 0 Å². The van der Waals surface area contributed by atoms with E-state index in [1.807, 2.05) is 30.5 Å². The number of benzene rings is 1. The molecule has 2 N–H and O–H groups in total. The minimum absolute atomic E-state index is 0.00432. The molecule has 0 fully saturated rings. The Bertz CT molecular complexity index is 564. The molecule has 0 saturated heterocycles. The highest BCUT2D eigenvalue weighted by molar-refractivity contribution is 7.13. The lowest BCUT2D eigenvalue weighted by Crippen LogP contribution is -2.28. The fraction of sp³-hybridized carbons (Fsp3) is 0.286. The first-order valence-corrected chi connectivity index (χ1v) is 6.85. The van der Waals surface area contributed by atoms with E-state index in [0.717, 1.165) is 11.3 Å². The zero-order valence-corrected chi connectivity index (χ0v) is 11.7. The van der Waals surface area contributed by atoms with Gasteiger partial charge in [0.05, 0.1) is 17.7 Å². The lowest BCUT2D eigenvalue weighted by Gasteiger charge is -2.22. The largest absolute Gasteiger partial charge is 0.385 e. The van der Waals surface area contributed by atoms with Crippen LogP contribution in [0, 0.1) is 6.92 Å². The monoisotopic (exact) mass is 276 g/mol. The van der Waals surface area contributed by atoms with Gasteiger partial charge in [0.15, 0.2) is 5.13 Å². The standard InChI is InChI=1S/C14H16N2O2S/c1-10-9-19-13(15-10)16-12(17)8-14(2,18)11-6-4-3-5-7-11/h3-7,9,18H,8H2,1-2H3,(H,15,16,17). The number of nitrogens with zero attached hydrogens (tertiary/aromatic N) is 1. The van der Waals surface area contributed by atoms with Gasteiger partial charge < -0.3 is 10.4 Å². The summed E-state index contributed by atoms with van der Waals surface area (Å²) in [7, 11) is 0. The number of hydrogen-bond donors (Lipinski definition) is 2. The first-order valence-electron chi connectivity index (χ1n) is 5.97. The maximum Gasteiger partial charge on any atom is 0.229 e. The van der Waals surface area contributed by atoms with E-state index in [4.69, 9.17) is 0 Å². The first-order chi connectivity index (χ1) is 8.97. The average molecular weight is 276 g/mol. The van der Waals surface area contributed by atoms with Crippen molar-refractivity contribution in [2.75, 3.05) is 5.32 Å². The molecule has 0 bridgehead atoms. The third kappa shape index (κ3) is 3.62. The normalized spacial score (nSPS) is 13.8. The summed E-state index contributed by atoms with van der Waals surface area (Å²) in [6.45, 7) is 3.50. The summed E-state index contributed by atoms with van der Waals surface area (Å²) >= 11 is 1.37. The molecule has 0 spiro atoms. The molecule has 19 heavy (non-hydrogen) atoms. The highest BCUT2D eigenvalue weighted by Crippen LogP contribution is 2.25. The smallest absolute Gasteiger partial charge is 0.229 e. The number of amides is 1. The summed E-state index contributed by atoms with van der Waals surface area (Å²) in [5.74, 6) is -0.247. The van der Waals surface area contributed by atoms with E-state index in [1.54, 1.807) is 19.1 Å². The molecule has 1 atom stereocenters. The highest BCUT2D eigenvalue weighted by atomic mass is 32.1. The van der Waals surface area contributed by atoms with E-state index in [-0.39, 0.29) is 12.3 Å². The molecule has 0 aliphatic heterocycles. The fourth-order valence-electron chi connectivity index (χ4n) is 1.79. The molecule has 1 amide bonds. The lowest BCUT2D eigenvalue weighted by atomic mass is 9.92. The molecule has 100 valence electrons. The molecule has 1 aromatic heterocycles. The van der Waals surface area contributed by atoms with Gasteiger partial charge in [0.1, 0.15) is 0 Å². The molecule has 2 aromatic rings. The Morgan fingerprint density at radius 1 is 1.42 bits per heavy atom. The number of aryl methyl sites for hydroxylation is 1. The summed E-state index contributed by atoms with van der Waals surface area (Å²) in [6, 6.07) is 9.16. The molecule has 1 heterocycles. The number of aromatic nitrogens is 1. The number of carbonyl (C=O) groups excluding carboxylic acids is 1. The van der Waals surface area contributed by atoms with E-state index in [0.29, 0.717) is 5.13 Å². The van der Waals surface area contributed by atoms with Crippen molar-refractivity contribution >= 4 is 22.4 Å². The fourth-order valence-corrected chi connectivity index (χ4v) is 2.49. The number of hydrogen-bond acceptors (Lipinski definition) is 4. The van der Waals surface area contributed by atoms with Gasteiger partial charge in [-0.15, -0.1) is 11.3 Å². The number of nitrogens with one attached hydrogen (secondary N) is 1. The Kier molecular flexibility index (Phi) is 3.97. The van der Waals surface area contributed by atoms with Crippen LogP contribution in [0.1, 0.15) is 24.6 Å². The van der Waals surface area contributed by atoms with Crippen molar-refractivity contribution in [2.24, 2.45) is 0 Å². The zero-order valence-electron chi connectivity index (χ0n) is 10.9. The molecule has 1 unspecified atom stereocenters. The summed E-state index contributed by atoms with van der Waals surface area (Å²) in [5.41, 5.74) is 0.410. The predicted molar refractivity (Wildman–Crippen MR) is 76.1 cm³/mol. The maximum absolute atomic E-state index is 11.9. The van der Waals surface area contributed by atoms with Gasteiger partial charge in [-0.1, -0.05) is 30.3 Å². The van der Waals surface area contributed by atoms with Crippen LogP contribution in [0.2, 0.25) is 0 Å². The van der Waals surface area contributed by atoms with Crippen molar-refractivity contribution in [1.82, 2.24) is 4.98 Å². The van der Waals surface area contributed by atoms with Gasteiger partial charge in [0, 0.05) is 5.38 Å².